The first kappa shape index (κ1) is 15.5. The molecule has 1 N–H and O–H groups in total. The van der Waals surface area contributed by atoms with Gasteiger partial charge in [-0.25, -0.2) is 0 Å². The van der Waals surface area contributed by atoms with Crippen LogP contribution in [0.5, 0.6) is 11.5 Å². The molecule has 0 unspecified atom stereocenters. The Labute approximate surface area is 121 Å². The van der Waals surface area contributed by atoms with Gasteiger partial charge in [0.15, 0.2) is 11.5 Å². The summed E-state index contributed by atoms with van der Waals surface area (Å²) in [5, 5.41) is 3.18. The average Bonchev–Trinajstić information content (AvgIpc) is 2.75. The van der Waals surface area contributed by atoms with Crippen LogP contribution in [0.3, 0.4) is 0 Å². The number of methoxy groups -OCH3 is 1. The van der Waals surface area contributed by atoms with Crippen molar-refractivity contribution in [1.82, 2.24) is 10.2 Å². The number of amides is 1. The van der Waals surface area contributed by atoms with E-state index in [0.717, 1.165) is 13.0 Å². The molecule has 1 aliphatic rings. The zero-order chi connectivity index (χ0) is 15.2. The van der Waals surface area contributed by atoms with Crippen molar-refractivity contribution in [2.24, 2.45) is 0 Å². The van der Waals surface area contributed by atoms with Gasteiger partial charge in [0.2, 0.25) is 0 Å². The first-order chi connectivity index (χ1) is 10.1. The Kier molecular flexibility index (Phi) is 5.32. The lowest BCUT2D eigenvalue weighted by molar-refractivity contribution is -0.0516. The second kappa shape index (κ2) is 7.21. The van der Waals surface area contributed by atoms with Gasteiger partial charge in [0, 0.05) is 19.6 Å². The maximum Gasteiger partial charge on any atom is 0.387 e. The zero-order valence-corrected chi connectivity index (χ0v) is 11.8. The Morgan fingerprint density at radius 1 is 1.33 bits per heavy atom. The van der Waals surface area contributed by atoms with Gasteiger partial charge in [0.05, 0.1) is 12.7 Å². The van der Waals surface area contributed by atoms with E-state index in [1.54, 1.807) is 11.0 Å². The Balaban J connectivity index is 2.30. The Morgan fingerprint density at radius 2 is 2.14 bits per heavy atom. The van der Waals surface area contributed by atoms with Crippen molar-refractivity contribution < 1.29 is 23.0 Å². The molecular formula is C14H18F2N2O3. The number of benzene rings is 1. The van der Waals surface area contributed by atoms with Crippen molar-refractivity contribution in [3.63, 3.8) is 0 Å². The average molecular weight is 300 g/mol. The van der Waals surface area contributed by atoms with Gasteiger partial charge in [-0.3, -0.25) is 4.79 Å². The number of carbonyl (C=O) groups is 1. The van der Waals surface area contributed by atoms with Crippen molar-refractivity contribution in [3.8, 4) is 11.5 Å². The van der Waals surface area contributed by atoms with Crippen molar-refractivity contribution in [2.75, 3.05) is 33.3 Å². The number of nitrogens with one attached hydrogen (secondary N) is 1. The Bertz CT molecular complexity index is 489. The third-order valence-corrected chi connectivity index (χ3v) is 3.26. The molecule has 0 spiro atoms. The maximum atomic E-state index is 12.6. The number of para-hydroxylation sites is 1. The maximum absolute atomic E-state index is 12.6. The van der Waals surface area contributed by atoms with Gasteiger partial charge >= 0.3 is 6.61 Å². The number of halogens is 2. The van der Waals surface area contributed by atoms with Crippen molar-refractivity contribution in [1.29, 1.82) is 0 Å². The van der Waals surface area contributed by atoms with E-state index in [1.807, 2.05) is 0 Å². The minimum absolute atomic E-state index is 0.0940. The van der Waals surface area contributed by atoms with E-state index in [-0.39, 0.29) is 23.0 Å². The van der Waals surface area contributed by atoms with Crippen LogP contribution in [-0.2, 0) is 0 Å². The molecule has 21 heavy (non-hydrogen) atoms. The fraction of sp³-hybridized carbons (Fsp3) is 0.500. The smallest absolute Gasteiger partial charge is 0.387 e. The van der Waals surface area contributed by atoms with E-state index in [4.69, 9.17) is 4.74 Å². The van der Waals surface area contributed by atoms with Crippen LogP contribution in [-0.4, -0.2) is 50.7 Å². The first-order valence-electron chi connectivity index (χ1n) is 6.75. The molecule has 0 aromatic heterocycles. The molecule has 1 heterocycles. The lowest BCUT2D eigenvalue weighted by atomic mass is 10.1. The van der Waals surface area contributed by atoms with Crippen LogP contribution in [0, 0.1) is 0 Å². The fourth-order valence-electron chi connectivity index (χ4n) is 2.27. The summed E-state index contributed by atoms with van der Waals surface area (Å²) in [5.74, 6) is -0.417. The molecule has 0 radical (unpaired) electrons. The summed E-state index contributed by atoms with van der Waals surface area (Å²) in [6, 6.07) is 4.54. The summed E-state index contributed by atoms with van der Waals surface area (Å²) < 4.78 is 34.6. The van der Waals surface area contributed by atoms with Gasteiger partial charge in [-0.15, -0.1) is 0 Å². The van der Waals surface area contributed by atoms with Crippen LogP contribution in [0.4, 0.5) is 8.78 Å². The number of hydrogen-bond donors (Lipinski definition) is 1. The van der Waals surface area contributed by atoms with E-state index < -0.39 is 6.61 Å². The monoisotopic (exact) mass is 300 g/mol. The predicted molar refractivity (Wildman–Crippen MR) is 73.0 cm³/mol. The van der Waals surface area contributed by atoms with Gasteiger partial charge in [-0.2, -0.15) is 8.78 Å². The highest BCUT2D eigenvalue weighted by Crippen LogP contribution is 2.33. The molecule has 1 aromatic rings. The highest BCUT2D eigenvalue weighted by Gasteiger charge is 2.24. The van der Waals surface area contributed by atoms with E-state index in [2.05, 4.69) is 10.1 Å². The topological polar surface area (TPSA) is 50.8 Å². The van der Waals surface area contributed by atoms with E-state index >= 15 is 0 Å². The molecule has 0 saturated carbocycles. The van der Waals surface area contributed by atoms with Crippen LogP contribution in [0.25, 0.3) is 0 Å². The normalized spacial score (nSPS) is 15.7. The summed E-state index contributed by atoms with van der Waals surface area (Å²) in [4.78, 5) is 14.2. The van der Waals surface area contributed by atoms with Gasteiger partial charge < -0.3 is 19.7 Å². The second-order valence-corrected chi connectivity index (χ2v) is 4.61. The summed E-state index contributed by atoms with van der Waals surface area (Å²) >= 11 is 0. The molecule has 1 saturated heterocycles. The summed E-state index contributed by atoms with van der Waals surface area (Å²) in [6.45, 7) is -0.386. The largest absolute Gasteiger partial charge is 0.493 e. The molecule has 0 aliphatic carbocycles. The van der Waals surface area contributed by atoms with Gasteiger partial charge in [-0.1, -0.05) is 6.07 Å². The SMILES string of the molecule is COc1cccc(C(=O)N2CCCNCC2)c1OC(F)F. The zero-order valence-electron chi connectivity index (χ0n) is 11.8. The molecule has 2 rings (SSSR count). The minimum Gasteiger partial charge on any atom is -0.493 e. The van der Waals surface area contributed by atoms with Crippen LogP contribution in [0.2, 0.25) is 0 Å². The molecule has 1 amide bonds. The van der Waals surface area contributed by atoms with Crippen LogP contribution >= 0.6 is 0 Å². The summed E-state index contributed by atoms with van der Waals surface area (Å²) in [6.07, 6.45) is 0.820. The molecule has 0 atom stereocenters. The van der Waals surface area contributed by atoms with E-state index in [9.17, 15) is 13.6 Å². The molecule has 1 fully saturated rings. The standard InChI is InChI=1S/C14H18F2N2O3/c1-20-11-5-2-4-10(12(11)21-14(15)16)13(19)18-8-3-6-17-7-9-18/h2,4-5,14,17H,3,6-9H2,1H3. The summed E-state index contributed by atoms with van der Waals surface area (Å²) in [5.41, 5.74) is 0.0940. The number of rotatable bonds is 4. The third-order valence-electron chi connectivity index (χ3n) is 3.26. The lowest BCUT2D eigenvalue weighted by Crippen LogP contribution is -2.34. The van der Waals surface area contributed by atoms with Crippen LogP contribution < -0.4 is 14.8 Å². The molecule has 7 heteroatoms. The molecule has 1 aliphatic heterocycles. The van der Waals surface area contributed by atoms with Gasteiger partial charge in [-0.05, 0) is 25.1 Å². The number of carbonyl (C=O) groups excluding carboxylic acids is 1. The highest BCUT2D eigenvalue weighted by atomic mass is 19.3. The van der Waals surface area contributed by atoms with Crippen molar-refractivity contribution >= 4 is 5.91 Å². The molecule has 0 bridgehead atoms. The molecule has 5 nitrogen and oxygen atoms in total. The second-order valence-electron chi connectivity index (χ2n) is 4.61. The predicted octanol–water partition coefficient (Wildman–Crippen LogP) is 1.73. The Morgan fingerprint density at radius 3 is 2.86 bits per heavy atom. The van der Waals surface area contributed by atoms with Crippen molar-refractivity contribution in [3.05, 3.63) is 23.8 Å². The Hall–Kier alpha value is -1.89. The fourth-order valence-corrected chi connectivity index (χ4v) is 2.27. The summed E-state index contributed by atoms with van der Waals surface area (Å²) in [7, 11) is 1.35. The quantitative estimate of drug-likeness (QED) is 0.920. The minimum atomic E-state index is -3.02. The number of alkyl halides is 2. The van der Waals surface area contributed by atoms with Crippen LogP contribution in [0.15, 0.2) is 18.2 Å². The molecule has 1 aromatic carbocycles. The third kappa shape index (κ3) is 3.81. The first-order valence-corrected chi connectivity index (χ1v) is 6.75. The van der Waals surface area contributed by atoms with Crippen LogP contribution in [0.1, 0.15) is 16.8 Å². The molecule has 116 valence electrons. The number of nitrogens with zero attached hydrogens (tertiary/aromatic N) is 1. The van der Waals surface area contributed by atoms with E-state index in [1.165, 1.54) is 19.2 Å². The highest BCUT2D eigenvalue weighted by molar-refractivity contribution is 5.97. The van der Waals surface area contributed by atoms with Gasteiger partial charge in [0.1, 0.15) is 0 Å². The van der Waals surface area contributed by atoms with E-state index in [0.29, 0.717) is 19.6 Å². The molecular weight excluding hydrogens is 282 g/mol. The number of hydrogen-bond acceptors (Lipinski definition) is 4. The number of ether oxygens (including phenoxy) is 2. The van der Waals surface area contributed by atoms with Gasteiger partial charge in [0.25, 0.3) is 5.91 Å². The van der Waals surface area contributed by atoms with Crippen molar-refractivity contribution in [2.45, 2.75) is 13.0 Å². The lowest BCUT2D eigenvalue weighted by Gasteiger charge is -2.22.